The number of ether oxygens (including phenoxy) is 3. The topological polar surface area (TPSA) is 98.2 Å². The minimum atomic E-state index is -0.910. The van der Waals surface area contributed by atoms with Gasteiger partial charge in [-0.3, -0.25) is 14.6 Å². The molecule has 0 bridgehead atoms. The van der Waals surface area contributed by atoms with Crippen LogP contribution in [0.25, 0.3) is 5.76 Å². The molecule has 1 N–H and O–H groups in total. The normalized spacial score (nSPS) is 16.9. The van der Waals surface area contributed by atoms with Gasteiger partial charge in [-0.05, 0) is 48.9 Å². The summed E-state index contributed by atoms with van der Waals surface area (Å²) in [6, 6.07) is 14.6. The molecule has 4 rings (SSSR count). The number of aromatic nitrogens is 1. The molecule has 1 fully saturated rings. The zero-order valence-corrected chi connectivity index (χ0v) is 19.7. The standard InChI is InChI=1S/C27H26N2O6/c1-4-35-19-12-10-18(11-13-19)24(30)22-23(20-8-5-9-21(33-2)26(20)34-3)29(27(32)25(22)31)16-17-7-6-14-28-15-17/h5-15,23,30H,4,16H2,1-3H3/b24-22-. The lowest BCUT2D eigenvalue weighted by Crippen LogP contribution is -2.29. The van der Waals surface area contributed by atoms with E-state index >= 15 is 0 Å². The largest absolute Gasteiger partial charge is 0.507 e. The molecule has 1 atom stereocenters. The summed E-state index contributed by atoms with van der Waals surface area (Å²) in [5.41, 5.74) is 1.61. The highest BCUT2D eigenvalue weighted by Gasteiger charge is 2.47. The van der Waals surface area contributed by atoms with Crippen LogP contribution in [0.2, 0.25) is 0 Å². The quantitative estimate of drug-likeness (QED) is 0.298. The van der Waals surface area contributed by atoms with Gasteiger partial charge in [-0.25, -0.2) is 0 Å². The number of aliphatic hydroxyl groups is 1. The third kappa shape index (κ3) is 4.55. The summed E-state index contributed by atoms with van der Waals surface area (Å²) in [5, 5.41) is 11.3. The first kappa shape index (κ1) is 23.8. The number of carbonyl (C=O) groups excluding carboxylic acids is 2. The fraction of sp³-hybridized carbons (Fsp3) is 0.222. The molecule has 3 aromatic rings. The second-order valence-electron chi connectivity index (χ2n) is 7.83. The Balaban J connectivity index is 1.89. The Kier molecular flexibility index (Phi) is 7.01. The number of hydrogen-bond acceptors (Lipinski definition) is 7. The Hall–Kier alpha value is -4.33. The van der Waals surface area contributed by atoms with Crippen molar-refractivity contribution < 1.29 is 28.9 Å². The Morgan fingerprint density at radius 3 is 2.43 bits per heavy atom. The molecule has 0 radical (unpaired) electrons. The van der Waals surface area contributed by atoms with Crippen molar-refractivity contribution in [3.63, 3.8) is 0 Å². The molecule has 1 aromatic heterocycles. The van der Waals surface area contributed by atoms with Gasteiger partial charge in [0, 0.05) is 30.1 Å². The summed E-state index contributed by atoms with van der Waals surface area (Å²) in [4.78, 5) is 32.1. The lowest BCUT2D eigenvalue weighted by atomic mass is 9.94. The molecule has 8 heteroatoms. The summed E-state index contributed by atoms with van der Waals surface area (Å²) < 4.78 is 16.5. The highest BCUT2D eigenvalue weighted by atomic mass is 16.5. The van der Waals surface area contributed by atoms with E-state index in [1.54, 1.807) is 60.9 Å². The Bertz CT molecular complexity index is 1250. The van der Waals surface area contributed by atoms with Crippen molar-refractivity contribution in [1.29, 1.82) is 0 Å². The van der Waals surface area contributed by atoms with Gasteiger partial charge in [0.2, 0.25) is 0 Å². The molecule has 1 amide bonds. The van der Waals surface area contributed by atoms with E-state index < -0.39 is 17.7 Å². The Labute approximate surface area is 203 Å². The van der Waals surface area contributed by atoms with E-state index in [0.717, 1.165) is 5.56 Å². The van der Waals surface area contributed by atoms with Crippen LogP contribution in [0.3, 0.4) is 0 Å². The number of benzene rings is 2. The zero-order valence-electron chi connectivity index (χ0n) is 19.7. The number of rotatable bonds is 8. The highest BCUT2D eigenvalue weighted by Crippen LogP contribution is 2.46. The molecule has 0 spiro atoms. The number of likely N-dealkylation sites (tertiary alicyclic amines) is 1. The predicted octanol–water partition coefficient (Wildman–Crippen LogP) is 4.12. The molecule has 0 aliphatic carbocycles. The van der Waals surface area contributed by atoms with Gasteiger partial charge in [0.1, 0.15) is 11.5 Å². The summed E-state index contributed by atoms with van der Waals surface area (Å²) >= 11 is 0. The number of Topliss-reactive ketones (excluding diaryl/α,β-unsaturated/α-hetero) is 1. The van der Waals surface area contributed by atoms with Gasteiger partial charge in [-0.2, -0.15) is 0 Å². The van der Waals surface area contributed by atoms with Gasteiger partial charge in [-0.15, -0.1) is 0 Å². The molecule has 1 saturated heterocycles. The summed E-state index contributed by atoms with van der Waals surface area (Å²) in [6.45, 7) is 2.49. The number of pyridine rings is 1. The van der Waals surface area contributed by atoms with Crippen molar-refractivity contribution in [2.75, 3.05) is 20.8 Å². The monoisotopic (exact) mass is 474 g/mol. The van der Waals surface area contributed by atoms with Crippen molar-refractivity contribution in [3.05, 3.63) is 89.3 Å². The molecule has 2 aromatic carbocycles. The molecule has 180 valence electrons. The van der Waals surface area contributed by atoms with Crippen LogP contribution in [0, 0.1) is 0 Å². The molecule has 1 unspecified atom stereocenters. The number of carbonyl (C=O) groups is 2. The molecule has 1 aliphatic rings. The fourth-order valence-electron chi connectivity index (χ4n) is 4.21. The predicted molar refractivity (Wildman–Crippen MR) is 129 cm³/mol. The molecular formula is C27H26N2O6. The maximum absolute atomic E-state index is 13.3. The first-order chi connectivity index (χ1) is 17.0. The molecule has 1 aliphatic heterocycles. The van der Waals surface area contributed by atoms with E-state index in [4.69, 9.17) is 14.2 Å². The van der Waals surface area contributed by atoms with Crippen LogP contribution in [0.4, 0.5) is 0 Å². The van der Waals surface area contributed by atoms with Gasteiger partial charge < -0.3 is 24.2 Å². The maximum Gasteiger partial charge on any atom is 0.295 e. The number of para-hydroxylation sites is 1. The van der Waals surface area contributed by atoms with E-state index in [1.165, 1.54) is 19.1 Å². The van der Waals surface area contributed by atoms with Crippen molar-refractivity contribution in [2.24, 2.45) is 0 Å². The van der Waals surface area contributed by atoms with Gasteiger partial charge in [0.25, 0.3) is 11.7 Å². The smallest absolute Gasteiger partial charge is 0.295 e. The van der Waals surface area contributed by atoms with Crippen LogP contribution >= 0.6 is 0 Å². The van der Waals surface area contributed by atoms with Crippen LogP contribution in [-0.2, 0) is 16.1 Å². The van der Waals surface area contributed by atoms with Crippen LogP contribution in [-0.4, -0.2) is 47.5 Å². The van der Waals surface area contributed by atoms with Crippen molar-refractivity contribution in [2.45, 2.75) is 19.5 Å². The van der Waals surface area contributed by atoms with Gasteiger partial charge in [0.05, 0.1) is 32.4 Å². The fourth-order valence-corrected chi connectivity index (χ4v) is 4.21. The highest BCUT2D eigenvalue weighted by molar-refractivity contribution is 6.46. The average Bonchev–Trinajstić information content (AvgIpc) is 3.13. The number of methoxy groups -OCH3 is 2. The third-order valence-electron chi connectivity index (χ3n) is 5.78. The maximum atomic E-state index is 13.3. The third-order valence-corrected chi connectivity index (χ3v) is 5.78. The van der Waals surface area contributed by atoms with Gasteiger partial charge in [-0.1, -0.05) is 18.2 Å². The minimum Gasteiger partial charge on any atom is -0.507 e. The minimum absolute atomic E-state index is 0.0328. The summed E-state index contributed by atoms with van der Waals surface area (Å²) in [5.74, 6) is -0.345. The van der Waals surface area contributed by atoms with Gasteiger partial charge >= 0.3 is 0 Å². The molecule has 8 nitrogen and oxygen atoms in total. The van der Waals surface area contributed by atoms with Crippen LogP contribution < -0.4 is 14.2 Å². The number of aliphatic hydroxyl groups excluding tert-OH is 1. The first-order valence-electron chi connectivity index (χ1n) is 11.1. The van der Waals surface area contributed by atoms with E-state index in [2.05, 4.69) is 4.98 Å². The van der Waals surface area contributed by atoms with E-state index in [-0.39, 0.29) is 17.9 Å². The van der Waals surface area contributed by atoms with Crippen molar-refractivity contribution in [1.82, 2.24) is 9.88 Å². The van der Waals surface area contributed by atoms with Crippen molar-refractivity contribution >= 4 is 17.4 Å². The van der Waals surface area contributed by atoms with Crippen LogP contribution in [0.1, 0.15) is 29.7 Å². The summed E-state index contributed by atoms with van der Waals surface area (Å²) in [6.07, 6.45) is 3.26. The van der Waals surface area contributed by atoms with E-state index in [9.17, 15) is 14.7 Å². The molecule has 35 heavy (non-hydrogen) atoms. The lowest BCUT2D eigenvalue weighted by Gasteiger charge is -2.27. The van der Waals surface area contributed by atoms with Crippen LogP contribution in [0.5, 0.6) is 17.2 Å². The summed E-state index contributed by atoms with van der Waals surface area (Å²) in [7, 11) is 3.00. The number of ketones is 1. The van der Waals surface area contributed by atoms with Crippen molar-refractivity contribution in [3.8, 4) is 17.2 Å². The second-order valence-corrected chi connectivity index (χ2v) is 7.83. The first-order valence-corrected chi connectivity index (χ1v) is 11.1. The number of nitrogens with zero attached hydrogens (tertiary/aromatic N) is 2. The number of hydrogen-bond donors (Lipinski definition) is 1. The Morgan fingerprint density at radius 2 is 1.80 bits per heavy atom. The van der Waals surface area contributed by atoms with E-state index in [1.807, 2.05) is 13.0 Å². The second kappa shape index (κ2) is 10.3. The SMILES string of the molecule is CCOc1ccc(/C(O)=C2/C(=O)C(=O)N(Cc3cccnc3)C2c2cccc(OC)c2OC)cc1. The average molecular weight is 475 g/mol. The lowest BCUT2D eigenvalue weighted by molar-refractivity contribution is -0.140. The molecular weight excluding hydrogens is 448 g/mol. The Morgan fingerprint density at radius 1 is 1.03 bits per heavy atom. The molecule has 0 saturated carbocycles. The van der Waals surface area contributed by atoms with Gasteiger partial charge in [0.15, 0.2) is 11.5 Å². The van der Waals surface area contributed by atoms with E-state index in [0.29, 0.717) is 35.0 Å². The molecule has 2 heterocycles. The van der Waals surface area contributed by atoms with Crippen LogP contribution in [0.15, 0.2) is 72.6 Å². The number of amides is 1. The zero-order chi connectivity index (χ0) is 24.9.